The molecule has 1 atom stereocenters. The maximum absolute atomic E-state index is 12.8. The number of carbonyl (C=O) groups is 3. The minimum absolute atomic E-state index is 0.197. The van der Waals surface area contributed by atoms with E-state index in [4.69, 9.17) is 4.42 Å². The van der Waals surface area contributed by atoms with E-state index in [1.807, 2.05) is 23.7 Å². The highest BCUT2D eigenvalue weighted by molar-refractivity contribution is 6.05. The van der Waals surface area contributed by atoms with E-state index in [-0.39, 0.29) is 18.2 Å². The van der Waals surface area contributed by atoms with E-state index in [0.29, 0.717) is 24.3 Å². The molecule has 3 aromatic rings. The molecule has 2 aliphatic rings. The second kappa shape index (κ2) is 6.40. The molecule has 5 rings (SSSR count). The van der Waals surface area contributed by atoms with Crippen LogP contribution >= 0.6 is 0 Å². The summed E-state index contributed by atoms with van der Waals surface area (Å²) in [6, 6.07) is 4.89. The van der Waals surface area contributed by atoms with Crippen molar-refractivity contribution < 1.29 is 18.8 Å². The minimum atomic E-state index is -0.629. The van der Waals surface area contributed by atoms with Gasteiger partial charge in [0.1, 0.15) is 11.7 Å². The summed E-state index contributed by atoms with van der Waals surface area (Å²) in [7, 11) is 1.87. The number of hydrogen-bond acceptors (Lipinski definition) is 6. The molecule has 1 N–H and O–H groups in total. The van der Waals surface area contributed by atoms with Crippen molar-refractivity contribution in [3.05, 3.63) is 48.2 Å². The molecule has 3 amide bonds. The number of oxazole rings is 1. The smallest absolute Gasteiger partial charge is 0.255 e. The lowest BCUT2D eigenvalue weighted by Gasteiger charge is -2.29. The Balaban J connectivity index is 1.49. The summed E-state index contributed by atoms with van der Waals surface area (Å²) in [6.45, 7) is 0.318. The van der Waals surface area contributed by atoms with Gasteiger partial charge in [0.25, 0.3) is 5.91 Å². The topological polar surface area (TPSA) is 110 Å². The number of aromatic nitrogens is 3. The summed E-state index contributed by atoms with van der Waals surface area (Å²) >= 11 is 0. The van der Waals surface area contributed by atoms with Crippen molar-refractivity contribution in [2.45, 2.75) is 25.4 Å². The first-order valence-electron chi connectivity index (χ1n) is 9.21. The summed E-state index contributed by atoms with van der Waals surface area (Å²) in [5.74, 6) is -0.313. The molecule has 1 saturated heterocycles. The third kappa shape index (κ3) is 2.74. The predicted molar refractivity (Wildman–Crippen MR) is 100 cm³/mol. The van der Waals surface area contributed by atoms with Gasteiger partial charge >= 0.3 is 0 Å². The molecule has 0 radical (unpaired) electrons. The van der Waals surface area contributed by atoms with Gasteiger partial charge in [-0.1, -0.05) is 6.07 Å². The van der Waals surface area contributed by atoms with Crippen LogP contribution in [0.15, 0.2) is 41.5 Å². The zero-order valence-electron chi connectivity index (χ0n) is 15.6. The number of aryl methyl sites for hydroxylation is 1. The van der Waals surface area contributed by atoms with Crippen molar-refractivity contribution in [1.82, 2.24) is 24.8 Å². The quantitative estimate of drug-likeness (QED) is 0.678. The standard InChI is InChI=1S/C20H17N5O4/c1-24-9-22-17(18(24)15-7-21-10-29-15)11-2-3-13-12(6-11)8-25(20(13)28)14-4-5-16(26)23-19(14)27/h2-3,6-7,9-10,14H,4-5,8H2,1H3,(H,23,26,27)/t14-/m0/s1. The summed E-state index contributed by atoms with van der Waals surface area (Å²) in [4.78, 5) is 46.5. The number of nitrogens with one attached hydrogen (secondary N) is 1. The normalized spacial score (nSPS) is 18.9. The predicted octanol–water partition coefficient (Wildman–Crippen LogP) is 1.50. The van der Waals surface area contributed by atoms with Gasteiger partial charge in [0, 0.05) is 31.1 Å². The van der Waals surface area contributed by atoms with Crippen molar-refractivity contribution in [3.8, 4) is 22.7 Å². The molecule has 0 saturated carbocycles. The van der Waals surface area contributed by atoms with E-state index in [1.54, 1.807) is 18.6 Å². The number of amides is 3. The van der Waals surface area contributed by atoms with Gasteiger partial charge in [-0.15, -0.1) is 0 Å². The number of rotatable bonds is 3. The van der Waals surface area contributed by atoms with Gasteiger partial charge in [-0.3, -0.25) is 19.7 Å². The Morgan fingerprint density at radius 1 is 1.24 bits per heavy atom. The van der Waals surface area contributed by atoms with E-state index in [0.717, 1.165) is 22.5 Å². The Labute approximate surface area is 165 Å². The molecule has 2 aliphatic heterocycles. The average Bonchev–Trinajstić information content (AvgIpc) is 3.41. The molecule has 1 fully saturated rings. The van der Waals surface area contributed by atoms with Gasteiger partial charge in [-0.2, -0.15) is 0 Å². The van der Waals surface area contributed by atoms with Crippen molar-refractivity contribution >= 4 is 17.7 Å². The molecule has 29 heavy (non-hydrogen) atoms. The van der Waals surface area contributed by atoms with Crippen LogP contribution < -0.4 is 5.32 Å². The van der Waals surface area contributed by atoms with Crippen molar-refractivity contribution in [2.75, 3.05) is 0 Å². The van der Waals surface area contributed by atoms with Crippen molar-refractivity contribution in [2.24, 2.45) is 7.05 Å². The lowest BCUT2D eigenvalue weighted by molar-refractivity contribution is -0.136. The molecule has 0 bridgehead atoms. The van der Waals surface area contributed by atoms with E-state index in [9.17, 15) is 14.4 Å². The second-order valence-corrected chi connectivity index (χ2v) is 7.19. The number of imidazole rings is 1. The van der Waals surface area contributed by atoms with Gasteiger partial charge in [0.2, 0.25) is 11.8 Å². The summed E-state index contributed by atoms with van der Waals surface area (Å²) < 4.78 is 7.29. The minimum Gasteiger partial charge on any atom is -0.442 e. The number of benzene rings is 1. The number of hydrogen-bond donors (Lipinski definition) is 1. The third-order valence-corrected chi connectivity index (χ3v) is 5.40. The molecule has 2 aromatic heterocycles. The summed E-state index contributed by atoms with van der Waals surface area (Å²) in [6.07, 6.45) is 5.26. The van der Waals surface area contributed by atoms with Crippen LogP contribution in [-0.4, -0.2) is 43.2 Å². The molecule has 9 nitrogen and oxygen atoms in total. The first-order chi connectivity index (χ1) is 14.0. The Hall–Kier alpha value is -3.75. The van der Waals surface area contributed by atoms with Crippen LogP contribution in [0.2, 0.25) is 0 Å². The molecule has 9 heteroatoms. The zero-order chi connectivity index (χ0) is 20.1. The fraction of sp³-hybridized carbons (Fsp3) is 0.250. The van der Waals surface area contributed by atoms with E-state index in [2.05, 4.69) is 15.3 Å². The molecule has 4 heterocycles. The Morgan fingerprint density at radius 3 is 2.86 bits per heavy atom. The molecular weight excluding hydrogens is 374 g/mol. The van der Waals surface area contributed by atoms with Crippen molar-refractivity contribution in [3.63, 3.8) is 0 Å². The van der Waals surface area contributed by atoms with Crippen LogP contribution in [0.5, 0.6) is 0 Å². The first kappa shape index (κ1) is 17.4. The van der Waals surface area contributed by atoms with Crippen LogP contribution in [0.3, 0.4) is 0 Å². The molecule has 146 valence electrons. The fourth-order valence-corrected chi connectivity index (χ4v) is 3.99. The van der Waals surface area contributed by atoms with Gasteiger partial charge in [-0.25, -0.2) is 9.97 Å². The molecule has 0 aliphatic carbocycles. The Kier molecular flexibility index (Phi) is 3.83. The number of carbonyl (C=O) groups excluding carboxylic acids is 3. The maximum atomic E-state index is 12.8. The van der Waals surface area contributed by atoms with Crippen LogP contribution in [0.1, 0.15) is 28.8 Å². The van der Waals surface area contributed by atoms with Crippen LogP contribution in [0, 0.1) is 0 Å². The number of imide groups is 1. The van der Waals surface area contributed by atoms with Gasteiger partial charge in [0.05, 0.1) is 18.2 Å². The fourth-order valence-electron chi connectivity index (χ4n) is 3.99. The van der Waals surface area contributed by atoms with Crippen LogP contribution in [-0.2, 0) is 23.2 Å². The molecular formula is C20H17N5O4. The maximum Gasteiger partial charge on any atom is 0.255 e. The number of nitrogens with zero attached hydrogens (tertiary/aromatic N) is 4. The van der Waals surface area contributed by atoms with E-state index < -0.39 is 11.9 Å². The average molecular weight is 391 g/mol. The highest BCUT2D eigenvalue weighted by Gasteiger charge is 2.39. The highest BCUT2D eigenvalue weighted by atomic mass is 16.3. The largest absolute Gasteiger partial charge is 0.442 e. The van der Waals surface area contributed by atoms with Gasteiger partial charge in [-0.05, 0) is 24.1 Å². The first-order valence-corrected chi connectivity index (χ1v) is 9.21. The number of fused-ring (bicyclic) bond motifs is 1. The van der Waals surface area contributed by atoms with Gasteiger partial charge < -0.3 is 13.9 Å². The highest BCUT2D eigenvalue weighted by Crippen LogP contribution is 2.34. The summed E-state index contributed by atoms with van der Waals surface area (Å²) in [5.41, 5.74) is 3.74. The number of piperidine rings is 1. The lowest BCUT2D eigenvalue weighted by Crippen LogP contribution is -2.52. The van der Waals surface area contributed by atoms with E-state index in [1.165, 1.54) is 11.3 Å². The lowest BCUT2D eigenvalue weighted by atomic mass is 10.0. The Morgan fingerprint density at radius 2 is 2.10 bits per heavy atom. The monoisotopic (exact) mass is 391 g/mol. The molecule has 1 aromatic carbocycles. The molecule has 0 spiro atoms. The molecule has 0 unspecified atom stereocenters. The zero-order valence-corrected chi connectivity index (χ0v) is 15.6. The summed E-state index contributed by atoms with van der Waals surface area (Å²) in [5, 5.41) is 2.32. The van der Waals surface area contributed by atoms with Crippen LogP contribution in [0.4, 0.5) is 0 Å². The SMILES string of the molecule is Cn1cnc(-c2ccc3c(c2)CN([C@H]2CCC(=O)NC2=O)C3=O)c1-c1cnco1. The van der Waals surface area contributed by atoms with Crippen LogP contribution in [0.25, 0.3) is 22.7 Å². The van der Waals surface area contributed by atoms with Crippen molar-refractivity contribution in [1.29, 1.82) is 0 Å². The van der Waals surface area contributed by atoms with Gasteiger partial charge in [0.15, 0.2) is 12.2 Å². The van der Waals surface area contributed by atoms with E-state index >= 15 is 0 Å². The second-order valence-electron chi connectivity index (χ2n) is 7.19. The third-order valence-electron chi connectivity index (χ3n) is 5.40. The Bertz CT molecular complexity index is 1150.